The summed E-state index contributed by atoms with van der Waals surface area (Å²) in [6, 6.07) is 0. The fraction of sp³-hybridized carbons (Fsp3) is 0.750. The Morgan fingerprint density at radius 3 is 2.00 bits per heavy atom. The van der Waals surface area contributed by atoms with E-state index < -0.39 is 8.80 Å². The van der Waals surface area contributed by atoms with Gasteiger partial charge in [-0.2, -0.15) is 0 Å². The van der Waals surface area contributed by atoms with Gasteiger partial charge >= 0.3 is 0 Å². The molecule has 0 spiro atoms. The molecule has 0 amide bonds. The van der Waals surface area contributed by atoms with Crippen LogP contribution in [0, 0.1) is 0 Å². The van der Waals surface area contributed by atoms with Crippen molar-refractivity contribution in [3.63, 3.8) is 0 Å². The van der Waals surface area contributed by atoms with Crippen molar-refractivity contribution in [3.8, 4) is 0 Å². The molecule has 0 aliphatic heterocycles. The van der Waals surface area contributed by atoms with Crippen molar-refractivity contribution in [1.29, 1.82) is 0 Å². The molecule has 0 aromatic heterocycles. The second-order valence-electron chi connectivity index (χ2n) is 3.80. The highest BCUT2D eigenvalue weighted by atomic mass is 28.3. The molecular weight excluding hydrogens is 140 g/mol. The summed E-state index contributed by atoms with van der Waals surface area (Å²) < 4.78 is 5.39. The SMILES string of the molecule is C[SiH](C)C=COC(C)(C)C. The minimum atomic E-state index is -0.566. The van der Waals surface area contributed by atoms with Gasteiger partial charge in [-0.3, -0.25) is 0 Å². The van der Waals surface area contributed by atoms with Gasteiger partial charge in [-0.05, 0) is 20.8 Å². The molecule has 0 radical (unpaired) electrons. The maximum atomic E-state index is 5.39. The summed E-state index contributed by atoms with van der Waals surface area (Å²) >= 11 is 0. The molecule has 0 aromatic rings. The van der Waals surface area contributed by atoms with Gasteiger partial charge in [0.25, 0.3) is 0 Å². The Labute approximate surface area is 65.7 Å². The Morgan fingerprint density at radius 1 is 1.20 bits per heavy atom. The summed E-state index contributed by atoms with van der Waals surface area (Å²) in [5, 5.41) is 0. The van der Waals surface area contributed by atoms with Crippen molar-refractivity contribution >= 4 is 8.80 Å². The zero-order valence-electron chi connectivity index (χ0n) is 7.64. The lowest BCUT2D eigenvalue weighted by molar-refractivity contribution is 0.0770. The maximum Gasteiger partial charge on any atom is 0.0997 e. The predicted molar refractivity (Wildman–Crippen MR) is 48.9 cm³/mol. The van der Waals surface area contributed by atoms with Crippen molar-refractivity contribution in [2.24, 2.45) is 0 Å². The van der Waals surface area contributed by atoms with Gasteiger partial charge in [0.1, 0.15) is 0 Å². The highest BCUT2D eigenvalue weighted by Gasteiger charge is 2.06. The van der Waals surface area contributed by atoms with Crippen molar-refractivity contribution in [2.45, 2.75) is 39.5 Å². The van der Waals surface area contributed by atoms with Gasteiger partial charge in [-0.15, -0.1) is 0 Å². The van der Waals surface area contributed by atoms with E-state index >= 15 is 0 Å². The third kappa shape index (κ3) is 7.76. The Hall–Kier alpha value is -0.243. The number of ether oxygens (including phenoxy) is 1. The van der Waals surface area contributed by atoms with E-state index in [-0.39, 0.29) is 5.60 Å². The average Bonchev–Trinajstić information content (AvgIpc) is 1.59. The minimum absolute atomic E-state index is 0.0280. The van der Waals surface area contributed by atoms with Crippen LogP contribution in [0.1, 0.15) is 20.8 Å². The quantitative estimate of drug-likeness (QED) is 0.443. The molecule has 0 aromatic carbocycles. The zero-order valence-corrected chi connectivity index (χ0v) is 8.79. The third-order valence-electron chi connectivity index (χ3n) is 0.885. The van der Waals surface area contributed by atoms with Crippen molar-refractivity contribution in [3.05, 3.63) is 12.0 Å². The van der Waals surface area contributed by atoms with E-state index in [4.69, 9.17) is 4.74 Å². The summed E-state index contributed by atoms with van der Waals surface area (Å²) in [7, 11) is -0.566. The number of hydrogen-bond acceptors (Lipinski definition) is 1. The molecule has 0 aliphatic carbocycles. The topological polar surface area (TPSA) is 9.23 Å². The van der Waals surface area contributed by atoms with E-state index in [1.165, 1.54) is 0 Å². The first kappa shape index (κ1) is 9.76. The van der Waals surface area contributed by atoms with Crippen LogP contribution in [0.25, 0.3) is 0 Å². The highest BCUT2D eigenvalue weighted by molar-refractivity contribution is 6.61. The predicted octanol–water partition coefficient (Wildman–Crippen LogP) is 2.34. The molecule has 0 unspecified atom stereocenters. The van der Waals surface area contributed by atoms with Crippen molar-refractivity contribution in [2.75, 3.05) is 0 Å². The molecule has 0 saturated heterocycles. The van der Waals surface area contributed by atoms with E-state index in [9.17, 15) is 0 Å². The fourth-order valence-corrected chi connectivity index (χ4v) is 0.793. The van der Waals surface area contributed by atoms with E-state index in [0.29, 0.717) is 0 Å². The molecule has 2 heteroatoms. The van der Waals surface area contributed by atoms with Gasteiger partial charge < -0.3 is 4.74 Å². The second-order valence-corrected chi connectivity index (χ2v) is 6.68. The Bertz CT molecular complexity index is 111. The summed E-state index contributed by atoms with van der Waals surface area (Å²) in [6.45, 7) is 10.7. The molecule has 10 heavy (non-hydrogen) atoms. The normalized spacial score (nSPS) is 13.0. The van der Waals surface area contributed by atoms with Gasteiger partial charge in [0, 0.05) is 0 Å². The van der Waals surface area contributed by atoms with Gasteiger partial charge in [0.15, 0.2) is 0 Å². The van der Waals surface area contributed by atoms with Crippen LogP contribution in [0.2, 0.25) is 13.1 Å². The summed E-state index contributed by atoms with van der Waals surface area (Å²) in [6.07, 6.45) is 1.84. The zero-order chi connectivity index (χ0) is 8.20. The summed E-state index contributed by atoms with van der Waals surface area (Å²) in [5.74, 6) is 0. The number of rotatable bonds is 2. The first-order valence-corrected chi connectivity index (χ1v) is 6.74. The van der Waals surface area contributed by atoms with E-state index in [0.717, 1.165) is 0 Å². The minimum Gasteiger partial charge on any atom is -0.497 e. The van der Waals surface area contributed by atoms with Gasteiger partial charge in [-0.1, -0.05) is 18.8 Å². The molecule has 0 saturated carbocycles. The lowest BCUT2D eigenvalue weighted by Crippen LogP contribution is -2.15. The van der Waals surface area contributed by atoms with Crippen molar-refractivity contribution in [1.82, 2.24) is 0 Å². The van der Waals surface area contributed by atoms with E-state index in [1.807, 2.05) is 6.26 Å². The van der Waals surface area contributed by atoms with E-state index in [2.05, 4.69) is 39.6 Å². The van der Waals surface area contributed by atoms with Gasteiger partial charge in [-0.25, -0.2) is 0 Å². The Balaban J connectivity index is 3.54. The average molecular weight is 158 g/mol. The van der Waals surface area contributed by atoms with Gasteiger partial charge in [0.05, 0.1) is 20.7 Å². The lowest BCUT2D eigenvalue weighted by Gasteiger charge is -2.17. The first-order valence-electron chi connectivity index (χ1n) is 3.76. The van der Waals surface area contributed by atoms with Crippen LogP contribution in [0.5, 0.6) is 0 Å². The van der Waals surface area contributed by atoms with Gasteiger partial charge in [0.2, 0.25) is 0 Å². The summed E-state index contributed by atoms with van der Waals surface area (Å²) in [4.78, 5) is 0. The number of hydrogen-bond donors (Lipinski definition) is 0. The molecule has 60 valence electrons. The molecule has 0 fully saturated rings. The highest BCUT2D eigenvalue weighted by Crippen LogP contribution is 2.06. The monoisotopic (exact) mass is 158 g/mol. The lowest BCUT2D eigenvalue weighted by atomic mass is 10.2. The van der Waals surface area contributed by atoms with Crippen LogP contribution in [-0.4, -0.2) is 14.4 Å². The van der Waals surface area contributed by atoms with Crippen LogP contribution in [0.4, 0.5) is 0 Å². The van der Waals surface area contributed by atoms with Crippen molar-refractivity contribution < 1.29 is 4.74 Å². The maximum absolute atomic E-state index is 5.39. The van der Waals surface area contributed by atoms with Crippen LogP contribution in [-0.2, 0) is 4.74 Å². The smallest absolute Gasteiger partial charge is 0.0997 e. The Morgan fingerprint density at radius 2 is 1.70 bits per heavy atom. The molecule has 0 heterocycles. The van der Waals surface area contributed by atoms with Crippen LogP contribution in [0.15, 0.2) is 12.0 Å². The summed E-state index contributed by atoms with van der Waals surface area (Å²) in [5.41, 5.74) is 2.16. The molecule has 0 atom stereocenters. The molecular formula is C8H18OSi. The van der Waals surface area contributed by atoms with E-state index in [1.54, 1.807) is 0 Å². The van der Waals surface area contributed by atoms with Crippen LogP contribution < -0.4 is 0 Å². The molecule has 1 nitrogen and oxygen atoms in total. The Kier molecular flexibility index (Phi) is 3.72. The molecule has 0 bridgehead atoms. The third-order valence-corrected chi connectivity index (χ3v) is 1.81. The van der Waals surface area contributed by atoms with Crippen LogP contribution in [0.3, 0.4) is 0 Å². The largest absolute Gasteiger partial charge is 0.497 e. The van der Waals surface area contributed by atoms with Crippen LogP contribution >= 0.6 is 0 Å². The molecule has 0 rings (SSSR count). The second kappa shape index (κ2) is 3.81. The standard InChI is InChI=1S/C8H18OSi/c1-8(2,3)9-6-7-10(4)5/h6-7,10H,1-5H3. The first-order chi connectivity index (χ1) is 4.42. The molecule has 0 aliphatic rings. The fourth-order valence-electron chi connectivity index (χ4n) is 0.401. The molecule has 0 N–H and O–H groups in total.